The highest BCUT2D eigenvalue weighted by Gasteiger charge is 2.31. The Balaban J connectivity index is 0.00000200. The molecular formula is C13H18ClN3O2S. The third kappa shape index (κ3) is 3.13. The normalized spacial score (nSPS) is 19.9. The van der Waals surface area contributed by atoms with Crippen molar-refractivity contribution >= 4 is 22.4 Å². The maximum atomic E-state index is 12.6. The van der Waals surface area contributed by atoms with Gasteiger partial charge >= 0.3 is 0 Å². The van der Waals surface area contributed by atoms with Gasteiger partial charge in [-0.25, -0.2) is 8.42 Å². The van der Waals surface area contributed by atoms with E-state index in [2.05, 4.69) is 5.32 Å². The second-order valence-electron chi connectivity index (χ2n) is 4.76. The number of sulfonamides is 1. The predicted octanol–water partition coefficient (Wildman–Crippen LogP) is 1.27. The lowest BCUT2D eigenvalue weighted by Gasteiger charge is -2.33. The molecule has 2 rings (SSSR count). The first-order valence-electron chi connectivity index (χ1n) is 6.20. The molecule has 1 aliphatic heterocycles. The Bertz CT molecular complexity index is 625. The van der Waals surface area contributed by atoms with Crippen LogP contribution in [-0.2, 0) is 10.0 Å². The van der Waals surface area contributed by atoms with E-state index in [9.17, 15) is 8.42 Å². The molecule has 5 nitrogen and oxygen atoms in total. The van der Waals surface area contributed by atoms with Gasteiger partial charge in [0.15, 0.2) is 0 Å². The summed E-state index contributed by atoms with van der Waals surface area (Å²) in [5.74, 6) is 0. The minimum absolute atomic E-state index is 0. The Hall–Kier alpha value is -1.13. The number of hydrogen-bond acceptors (Lipinski definition) is 4. The van der Waals surface area contributed by atoms with Crippen molar-refractivity contribution in [2.75, 3.05) is 19.6 Å². The van der Waals surface area contributed by atoms with Crippen molar-refractivity contribution in [1.29, 1.82) is 5.26 Å². The van der Waals surface area contributed by atoms with Crippen LogP contribution in [0.3, 0.4) is 0 Å². The zero-order valence-corrected chi connectivity index (χ0v) is 13.1. The Morgan fingerprint density at radius 1 is 1.45 bits per heavy atom. The monoisotopic (exact) mass is 315 g/mol. The van der Waals surface area contributed by atoms with E-state index in [1.165, 1.54) is 10.4 Å². The molecule has 110 valence electrons. The first-order valence-corrected chi connectivity index (χ1v) is 7.64. The quantitative estimate of drug-likeness (QED) is 0.892. The summed E-state index contributed by atoms with van der Waals surface area (Å²) in [6, 6.07) is 6.64. The second-order valence-corrected chi connectivity index (χ2v) is 6.62. The molecule has 1 aromatic carbocycles. The van der Waals surface area contributed by atoms with Gasteiger partial charge in [-0.2, -0.15) is 9.57 Å². The molecule has 0 unspecified atom stereocenters. The minimum atomic E-state index is -3.48. The lowest BCUT2D eigenvalue weighted by atomic mass is 10.2. The van der Waals surface area contributed by atoms with Gasteiger partial charge in [0.05, 0.1) is 16.5 Å². The summed E-state index contributed by atoms with van der Waals surface area (Å²) in [7, 11) is -3.48. The van der Waals surface area contributed by atoms with Crippen molar-refractivity contribution in [3.8, 4) is 6.07 Å². The number of rotatable bonds is 2. The van der Waals surface area contributed by atoms with Gasteiger partial charge in [-0.3, -0.25) is 0 Å². The van der Waals surface area contributed by atoms with Crippen LogP contribution < -0.4 is 5.32 Å². The van der Waals surface area contributed by atoms with Gasteiger partial charge in [-0.05, 0) is 37.6 Å². The smallest absolute Gasteiger partial charge is 0.243 e. The molecule has 0 bridgehead atoms. The fourth-order valence-electron chi connectivity index (χ4n) is 2.31. The molecule has 1 aromatic rings. The molecule has 1 N–H and O–H groups in total. The molecule has 20 heavy (non-hydrogen) atoms. The van der Waals surface area contributed by atoms with Gasteiger partial charge in [-0.15, -0.1) is 12.4 Å². The van der Waals surface area contributed by atoms with Gasteiger partial charge in [-0.1, -0.05) is 0 Å². The fraction of sp³-hybridized carbons (Fsp3) is 0.462. The lowest BCUT2D eigenvalue weighted by Crippen LogP contribution is -2.52. The van der Waals surface area contributed by atoms with Gasteiger partial charge in [0.1, 0.15) is 0 Å². The van der Waals surface area contributed by atoms with Crippen LogP contribution in [0.5, 0.6) is 0 Å². The van der Waals surface area contributed by atoms with Gasteiger partial charge in [0.25, 0.3) is 0 Å². The number of hydrogen-bond donors (Lipinski definition) is 1. The lowest BCUT2D eigenvalue weighted by molar-refractivity contribution is 0.283. The highest BCUT2D eigenvalue weighted by molar-refractivity contribution is 7.89. The van der Waals surface area contributed by atoms with Crippen LogP contribution in [0, 0.1) is 18.3 Å². The third-order valence-corrected chi connectivity index (χ3v) is 5.50. The van der Waals surface area contributed by atoms with Crippen molar-refractivity contribution in [1.82, 2.24) is 9.62 Å². The topological polar surface area (TPSA) is 73.2 Å². The Labute approximate surface area is 126 Å². The maximum Gasteiger partial charge on any atom is 0.243 e. The molecule has 0 aromatic heterocycles. The van der Waals surface area contributed by atoms with Crippen LogP contribution in [0.2, 0.25) is 0 Å². The summed E-state index contributed by atoms with van der Waals surface area (Å²) in [6.07, 6.45) is 0. The molecule has 0 radical (unpaired) electrons. The highest BCUT2D eigenvalue weighted by Crippen LogP contribution is 2.23. The van der Waals surface area contributed by atoms with E-state index in [1.807, 2.05) is 13.0 Å². The average molecular weight is 316 g/mol. The number of nitrogens with one attached hydrogen (secondary N) is 1. The van der Waals surface area contributed by atoms with E-state index in [1.54, 1.807) is 19.1 Å². The molecule has 1 heterocycles. The van der Waals surface area contributed by atoms with Crippen molar-refractivity contribution in [3.63, 3.8) is 0 Å². The van der Waals surface area contributed by atoms with E-state index in [4.69, 9.17) is 5.26 Å². The highest BCUT2D eigenvalue weighted by atomic mass is 35.5. The largest absolute Gasteiger partial charge is 0.314 e. The van der Waals surface area contributed by atoms with Crippen LogP contribution in [0.15, 0.2) is 23.1 Å². The number of nitrogens with zero attached hydrogens (tertiary/aromatic N) is 2. The Morgan fingerprint density at radius 3 is 2.70 bits per heavy atom. The molecule has 0 saturated carbocycles. The summed E-state index contributed by atoms with van der Waals surface area (Å²) in [6.45, 7) is 5.42. The average Bonchev–Trinajstić information content (AvgIpc) is 2.38. The molecule has 7 heteroatoms. The van der Waals surface area contributed by atoms with E-state index in [0.29, 0.717) is 35.7 Å². The molecule has 1 saturated heterocycles. The minimum Gasteiger partial charge on any atom is -0.314 e. The van der Waals surface area contributed by atoms with Crippen LogP contribution in [-0.4, -0.2) is 38.4 Å². The maximum absolute atomic E-state index is 12.6. The van der Waals surface area contributed by atoms with E-state index >= 15 is 0 Å². The summed E-state index contributed by atoms with van der Waals surface area (Å²) in [5.41, 5.74) is 1.09. The molecule has 1 atom stereocenters. The molecule has 1 aliphatic rings. The molecule has 0 amide bonds. The SMILES string of the molecule is Cc1cc(C#N)ccc1S(=O)(=O)N1CCNC[C@@H]1C.Cl. The number of benzene rings is 1. The van der Waals surface area contributed by atoms with Crippen LogP contribution >= 0.6 is 12.4 Å². The van der Waals surface area contributed by atoms with Crippen molar-refractivity contribution in [3.05, 3.63) is 29.3 Å². The summed E-state index contributed by atoms with van der Waals surface area (Å²) in [4.78, 5) is 0.292. The number of nitriles is 1. The van der Waals surface area contributed by atoms with E-state index < -0.39 is 10.0 Å². The summed E-state index contributed by atoms with van der Waals surface area (Å²) >= 11 is 0. The zero-order valence-electron chi connectivity index (χ0n) is 11.5. The van der Waals surface area contributed by atoms with Crippen molar-refractivity contribution in [2.45, 2.75) is 24.8 Å². The van der Waals surface area contributed by atoms with Gasteiger partial charge in [0, 0.05) is 25.7 Å². The third-order valence-electron chi connectivity index (χ3n) is 3.33. The zero-order chi connectivity index (χ0) is 14.0. The first kappa shape index (κ1) is 16.9. The Morgan fingerprint density at radius 2 is 2.15 bits per heavy atom. The van der Waals surface area contributed by atoms with Crippen LogP contribution in [0.1, 0.15) is 18.1 Å². The fourth-order valence-corrected chi connectivity index (χ4v) is 4.15. The molecule has 1 fully saturated rings. The second kappa shape index (κ2) is 6.55. The van der Waals surface area contributed by atoms with Gasteiger partial charge < -0.3 is 5.32 Å². The number of aryl methyl sites for hydroxylation is 1. The molecule has 0 aliphatic carbocycles. The van der Waals surface area contributed by atoms with E-state index in [-0.39, 0.29) is 18.4 Å². The van der Waals surface area contributed by atoms with Crippen LogP contribution in [0.4, 0.5) is 0 Å². The number of halogens is 1. The van der Waals surface area contributed by atoms with Crippen molar-refractivity contribution in [2.24, 2.45) is 0 Å². The molecule has 0 spiro atoms. The number of piperazine rings is 1. The standard InChI is InChI=1S/C13H17N3O2S.ClH/c1-10-7-12(8-14)3-4-13(10)19(17,18)16-6-5-15-9-11(16)2;/h3-4,7,11,15H,5-6,9H2,1-2H3;1H/t11-;/m0./s1. The van der Waals surface area contributed by atoms with Crippen molar-refractivity contribution < 1.29 is 8.42 Å². The summed E-state index contributed by atoms with van der Waals surface area (Å²) in [5, 5.41) is 12.0. The van der Waals surface area contributed by atoms with E-state index in [0.717, 1.165) is 0 Å². The predicted molar refractivity (Wildman–Crippen MR) is 79.4 cm³/mol. The van der Waals surface area contributed by atoms with Crippen LogP contribution in [0.25, 0.3) is 0 Å². The first-order chi connectivity index (χ1) is 8.96. The van der Waals surface area contributed by atoms with Gasteiger partial charge in [0.2, 0.25) is 10.0 Å². The Kier molecular flexibility index (Phi) is 5.54. The molecular weight excluding hydrogens is 298 g/mol. The summed E-state index contributed by atoms with van der Waals surface area (Å²) < 4.78 is 26.8.